The first-order chi connectivity index (χ1) is 7.58. The monoisotopic (exact) mass is 285 g/mol. The number of hydrogen-bond donors (Lipinski definition) is 0. The van der Waals surface area contributed by atoms with Crippen molar-refractivity contribution in [2.75, 3.05) is 7.05 Å². The molecule has 1 unspecified atom stereocenters. The Bertz CT molecular complexity index is 376. The summed E-state index contributed by atoms with van der Waals surface area (Å²) in [5, 5.41) is 0. The maximum absolute atomic E-state index is 13.6. The van der Waals surface area contributed by atoms with Crippen LogP contribution < -0.4 is 0 Å². The van der Waals surface area contributed by atoms with Gasteiger partial charge in [0.2, 0.25) is 0 Å². The molecule has 0 amide bonds. The molecule has 88 valence electrons. The second-order valence-corrected chi connectivity index (χ2v) is 5.64. The lowest BCUT2D eigenvalue weighted by molar-refractivity contribution is 0.224. The summed E-state index contributed by atoms with van der Waals surface area (Å²) in [4.78, 5) is 2.24. The molecule has 3 heteroatoms. The summed E-state index contributed by atoms with van der Waals surface area (Å²) < 4.78 is 14.4. The highest BCUT2D eigenvalue weighted by Gasteiger charge is 2.30. The smallest absolute Gasteiger partial charge is 0.128 e. The van der Waals surface area contributed by atoms with Gasteiger partial charge in [-0.05, 0) is 44.9 Å². The van der Waals surface area contributed by atoms with Gasteiger partial charge >= 0.3 is 0 Å². The zero-order valence-corrected chi connectivity index (χ0v) is 11.3. The fraction of sp³-hybridized carbons (Fsp3) is 0.538. The minimum Gasteiger partial charge on any atom is -0.299 e. The van der Waals surface area contributed by atoms with E-state index in [-0.39, 0.29) is 5.82 Å². The molecule has 1 aliphatic carbocycles. The molecular formula is C13H17BrFN. The van der Waals surface area contributed by atoms with Gasteiger partial charge in [-0.3, -0.25) is 4.90 Å². The van der Waals surface area contributed by atoms with Gasteiger partial charge in [0.05, 0.1) is 0 Å². The maximum atomic E-state index is 13.6. The van der Waals surface area contributed by atoms with Crippen molar-refractivity contribution in [1.29, 1.82) is 0 Å². The van der Waals surface area contributed by atoms with E-state index in [1.807, 2.05) is 12.1 Å². The van der Waals surface area contributed by atoms with E-state index in [4.69, 9.17) is 0 Å². The molecule has 1 atom stereocenters. The Morgan fingerprint density at radius 1 is 1.50 bits per heavy atom. The van der Waals surface area contributed by atoms with Crippen molar-refractivity contribution < 1.29 is 4.39 Å². The van der Waals surface area contributed by atoms with Crippen LogP contribution in [0.25, 0.3) is 0 Å². The molecule has 16 heavy (non-hydrogen) atoms. The summed E-state index contributed by atoms with van der Waals surface area (Å²) >= 11 is 3.27. The third-order valence-electron chi connectivity index (χ3n) is 3.43. The lowest BCUT2D eigenvalue weighted by Crippen LogP contribution is -2.30. The first-order valence-electron chi connectivity index (χ1n) is 5.72. The van der Waals surface area contributed by atoms with Crippen molar-refractivity contribution in [3.63, 3.8) is 0 Å². The standard InChI is InChI=1S/C13H17BrFN/c1-9(10-3-4-10)16(2)8-11-5-6-12(14)7-13(11)15/h5-7,9-10H,3-4,8H2,1-2H3. The summed E-state index contributed by atoms with van der Waals surface area (Å²) in [7, 11) is 2.07. The van der Waals surface area contributed by atoms with Crippen LogP contribution in [0.5, 0.6) is 0 Å². The van der Waals surface area contributed by atoms with E-state index in [0.29, 0.717) is 12.6 Å². The fourth-order valence-corrected chi connectivity index (χ4v) is 2.33. The molecule has 0 aromatic heterocycles. The second kappa shape index (κ2) is 4.84. The Morgan fingerprint density at radius 3 is 2.75 bits per heavy atom. The summed E-state index contributed by atoms with van der Waals surface area (Å²) in [6.07, 6.45) is 2.66. The normalized spacial score (nSPS) is 17.8. The van der Waals surface area contributed by atoms with Crippen LogP contribution in [0.15, 0.2) is 22.7 Å². The number of nitrogens with zero attached hydrogens (tertiary/aromatic N) is 1. The molecule has 0 heterocycles. The molecule has 1 aromatic carbocycles. The van der Waals surface area contributed by atoms with Crippen molar-refractivity contribution in [1.82, 2.24) is 4.90 Å². The molecule has 0 radical (unpaired) electrons. The summed E-state index contributed by atoms with van der Waals surface area (Å²) in [5.74, 6) is 0.702. The van der Waals surface area contributed by atoms with Crippen molar-refractivity contribution in [3.8, 4) is 0 Å². The van der Waals surface area contributed by atoms with Gasteiger partial charge in [0.15, 0.2) is 0 Å². The Labute approximate surface area is 105 Å². The molecule has 1 nitrogen and oxygen atoms in total. The van der Waals surface area contributed by atoms with E-state index < -0.39 is 0 Å². The highest BCUT2D eigenvalue weighted by atomic mass is 79.9. The highest BCUT2D eigenvalue weighted by Crippen LogP contribution is 2.35. The largest absolute Gasteiger partial charge is 0.299 e. The van der Waals surface area contributed by atoms with Crippen LogP contribution in [0, 0.1) is 11.7 Å². The van der Waals surface area contributed by atoms with E-state index in [0.717, 1.165) is 16.0 Å². The first-order valence-corrected chi connectivity index (χ1v) is 6.51. The molecule has 1 saturated carbocycles. The lowest BCUT2D eigenvalue weighted by Gasteiger charge is -2.24. The SMILES string of the molecule is CC(C1CC1)N(C)Cc1ccc(Br)cc1F. The molecule has 0 saturated heterocycles. The molecule has 0 aliphatic heterocycles. The number of benzene rings is 1. The van der Waals surface area contributed by atoms with Crippen LogP contribution in [0.3, 0.4) is 0 Å². The highest BCUT2D eigenvalue weighted by molar-refractivity contribution is 9.10. The molecule has 0 bridgehead atoms. The van der Waals surface area contributed by atoms with E-state index in [9.17, 15) is 4.39 Å². The maximum Gasteiger partial charge on any atom is 0.128 e. The average Bonchev–Trinajstić information content (AvgIpc) is 3.04. The average molecular weight is 286 g/mol. The Hall–Kier alpha value is -0.410. The third kappa shape index (κ3) is 2.83. The fourth-order valence-electron chi connectivity index (χ4n) is 2.00. The van der Waals surface area contributed by atoms with E-state index in [1.54, 1.807) is 0 Å². The molecule has 1 fully saturated rings. The topological polar surface area (TPSA) is 3.24 Å². The van der Waals surface area contributed by atoms with Crippen LogP contribution in [0.2, 0.25) is 0 Å². The molecule has 2 rings (SSSR count). The zero-order valence-electron chi connectivity index (χ0n) is 9.71. The molecule has 0 spiro atoms. The molecule has 0 N–H and O–H groups in total. The molecule has 1 aliphatic rings. The van der Waals surface area contributed by atoms with E-state index in [2.05, 4.69) is 34.8 Å². The van der Waals surface area contributed by atoms with Crippen molar-refractivity contribution in [2.24, 2.45) is 5.92 Å². The predicted octanol–water partition coefficient (Wildman–Crippen LogP) is 3.82. The third-order valence-corrected chi connectivity index (χ3v) is 3.93. The first kappa shape index (κ1) is 12.1. The van der Waals surface area contributed by atoms with Crippen LogP contribution in [0.1, 0.15) is 25.3 Å². The summed E-state index contributed by atoms with van der Waals surface area (Å²) in [5.41, 5.74) is 0.776. The van der Waals surface area contributed by atoms with Gasteiger partial charge in [-0.1, -0.05) is 22.0 Å². The summed E-state index contributed by atoms with van der Waals surface area (Å²) in [6, 6.07) is 5.84. The quantitative estimate of drug-likeness (QED) is 0.813. The Balaban J connectivity index is 2.02. The van der Waals surface area contributed by atoms with Crippen molar-refractivity contribution in [2.45, 2.75) is 32.4 Å². The summed E-state index contributed by atoms with van der Waals surface area (Å²) in [6.45, 7) is 2.92. The van der Waals surface area contributed by atoms with Gasteiger partial charge in [0.1, 0.15) is 5.82 Å². The molecule has 1 aromatic rings. The minimum atomic E-state index is -0.121. The van der Waals surface area contributed by atoms with E-state index in [1.165, 1.54) is 18.9 Å². The van der Waals surface area contributed by atoms with Gasteiger partial charge in [-0.25, -0.2) is 4.39 Å². The van der Waals surface area contributed by atoms with Gasteiger partial charge in [-0.2, -0.15) is 0 Å². The van der Waals surface area contributed by atoms with Crippen LogP contribution in [-0.2, 0) is 6.54 Å². The van der Waals surface area contributed by atoms with E-state index >= 15 is 0 Å². The zero-order chi connectivity index (χ0) is 11.7. The minimum absolute atomic E-state index is 0.121. The van der Waals surface area contributed by atoms with Gasteiger partial charge < -0.3 is 0 Å². The van der Waals surface area contributed by atoms with Gasteiger partial charge in [-0.15, -0.1) is 0 Å². The van der Waals surface area contributed by atoms with Gasteiger partial charge in [0.25, 0.3) is 0 Å². The van der Waals surface area contributed by atoms with Crippen LogP contribution in [-0.4, -0.2) is 18.0 Å². The second-order valence-electron chi connectivity index (χ2n) is 4.73. The number of hydrogen-bond acceptors (Lipinski definition) is 1. The predicted molar refractivity (Wildman–Crippen MR) is 67.8 cm³/mol. The van der Waals surface area contributed by atoms with Gasteiger partial charge in [0, 0.05) is 22.6 Å². The molecular weight excluding hydrogens is 269 g/mol. The van der Waals surface area contributed by atoms with Crippen LogP contribution >= 0.6 is 15.9 Å². The number of halogens is 2. The lowest BCUT2D eigenvalue weighted by atomic mass is 10.1. The van der Waals surface area contributed by atoms with Crippen LogP contribution in [0.4, 0.5) is 4.39 Å². The van der Waals surface area contributed by atoms with Crippen molar-refractivity contribution >= 4 is 15.9 Å². The van der Waals surface area contributed by atoms with Crippen molar-refractivity contribution in [3.05, 3.63) is 34.1 Å². The number of rotatable bonds is 4. The Kier molecular flexibility index (Phi) is 3.65. The Morgan fingerprint density at radius 2 is 2.19 bits per heavy atom.